The summed E-state index contributed by atoms with van der Waals surface area (Å²) < 4.78 is 0. The van der Waals surface area contributed by atoms with E-state index >= 15 is 0 Å². The summed E-state index contributed by atoms with van der Waals surface area (Å²) in [6.07, 6.45) is 3.77. The van der Waals surface area contributed by atoms with Crippen molar-refractivity contribution in [3.63, 3.8) is 0 Å². The third kappa shape index (κ3) is 3.29. The van der Waals surface area contributed by atoms with Crippen LogP contribution >= 0.6 is 11.3 Å². The molecule has 0 unspecified atom stereocenters. The SMILES string of the molecule is Cc1nc(C)c(CNC(=O)CC2(O)CCCC2)s1. The molecule has 2 rings (SSSR count). The van der Waals surface area contributed by atoms with Crippen molar-refractivity contribution in [2.45, 2.75) is 58.1 Å². The summed E-state index contributed by atoms with van der Waals surface area (Å²) in [4.78, 5) is 17.2. The van der Waals surface area contributed by atoms with Crippen molar-refractivity contribution in [3.8, 4) is 0 Å². The van der Waals surface area contributed by atoms with Crippen molar-refractivity contribution in [2.24, 2.45) is 0 Å². The van der Waals surface area contributed by atoms with E-state index in [1.54, 1.807) is 11.3 Å². The molecule has 18 heavy (non-hydrogen) atoms. The molecule has 100 valence electrons. The Morgan fingerprint density at radius 1 is 1.44 bits per heavy atom. The number of aromatic nitrogens is 1. The number of amides is 1. The molecular formula is C13H20N2O2S. The van der Waals surface area contributed by atoms with E-state index in [0.29, 0.717) is 6.54 Å². The second-order valence-electron chi connectivity index (χ2n) is 5.13. The molecule has 4 nitrogen and oxygen atoms in total. The van der Waals surface area contributed by atoms with Crippen LogP contribution in [0.1, 0.15) is 47.7 Å². The van der Waals surface area contributed by atoms with Gasteiger partial charge in [0, 0.05) is 4.88 Å². The minimum absolute atomic E-state index is 0.0650. The number of nitrogens with zero attached hydrogens (tertiary/aromatic N) is 1. The molecule has 0 aliphatic heterocycles. The van der Waals surface area contributed by atoms with Crippen LogP contribution in [0, 0.1) is 13.8 Å². The zero-order chi connectivity index (χ0) is 13.2. The monoisotopic (exact) mass is 268 g/mol. The third-order valence-corrected chi connectivity index (χ3v) is 4.54. The van der Waals surface area contributed by atoms with E-state index in [1.165, 1.54) is 0 Å². The van der Waals surface area contributed by atoms with Gasteiger partial charge in [0.25, 0.3) is 0 Å². The summed E-state index contributed by atoms with van der Waals surface area (Å²) in [5.74, 6) is -0.0650. The fourth-order valence-electron chi connectivity index (χ4n) is 2.49. The van der Waals surface area contributed by atoms with Crippen molar-refractivity contribution < 1.29 is 9.90 Å². The number of nitrogens with one attached hydrogen (secondary N) is 1. The van der Waals surface area contributed by atoms with Gasteiger partial charge < -0.3 is 10.4 Å². The fraction of sp³-hybridized carbons (Fsp3) is 0.692. The largest absolute Gasteiger partial charge is 0.389 e. The van der Waals surface area contributed by atoms with Crippen LogP contribution in [-0.2, 0) is 11.3 Å². The molecule has 5 heteroatoms. The van der Waals surface area contributed by atoms with Crippen molar-refractivity contribution >= 4 is 17.2 Å². The quantitative estimate of drug-likeness (QED) is 0.878. The molecule has 0 saturated heterocycles. The molecule has 1 heterocycles. The molecule has 1 aromatic rings. The first kappa shape index (κ1) is 13.5. The van der Waals surface area contributed by atoms with Crippen molar-refractivity contribution in [2.75, 3.05) is 0 Å². The lowest BCUT2D eigenvalue weighted by Crippen LogP contribution is -2.34. The normalized spacial score (nSPS) is 17.9. The lowest BCUT2D eigenvalue weighted by atomic mass is 9.98. The molecule has 1 amide bonds. The lowest BCUT2D eigenvalue weighted by Gasteiger charge is -2.20. The van der Waals surface area contributed by atoms with Crippen LogP contribution in [0.25, 0.3) is 0 Å². The number of aryl methyl sites for hydroxylation is 2. The van der Waals surface area contributed by atoms with E-state index in [9.17, 15) is 9.90 Å². The topological polar surface area (TPSA) is 62.2 Å². The maximum atomic E-state index is 11.8. The highest BCUT2D eigenvalue weighted by atomic mass is 32.1. The first-order valence-electron chi connectivity index (χ1n) is 6.40. The Balaban J connectivity index is 1.83. The Morgan fingerprint density at radius 2 is 2.11 bits per heavy atom. The maximum absolute atomic E-state index is 11.8. The average Bonchev–Trinajstić information content (AvgIpc) is 2.82. The van der Waals surface area contributed by atoms with Crippen LogP contribution in [0.3, 0.4) is 0 Å². The second kappa shape index (κ2) is 5.36. The summed E-state index contributed by atoms with van der Waals surface area (Å²) in [6, 6.07) is 0. The van der Waals surface area contributed by atoms with E-state index in [0.717, 1.165) is 41.3 Å². The van der Waals surface area contributed by atoms with Gasteiger partial charge in [0.2, 0.25) is 5.91 Å². The molecule has 1 aliphatic carbocycles. The van der Waals surface area contributed by atoms with Crippen LogP contribution in [0.15, 0.2) is 0 Å². The Kier molecular flexibility index (Phi) is 4.02. The zero-order valence-corrected chi connectivity index (χ0v) is 11.8. The van der Waals surface area contributed by atoms with E-state index in [-0.39, 0.29) is 12.3 Å². The number of carbonyl (C=O) groups excluding carboxylic acids is 1. The number of thiazole rings is 1. The number of hydrogen-bond donors (Lipinski definition) is 2. The predicted octanol–water partition coefficient (Wildman–Crippen LogP) is 2.07. The molecule has 1 fully saturated rings. The Labute approximate surface area is 111 Å². The predicted molar refractivity (Wildman–Crippen MR) is 71.5 cm³/mol. The Hall–Kier alpha value is -0.940. The molecule has 0 bridgehead atoms. The van der Waals surface area contributed by atoms with E-state index in [1.807, 2.05) is 13.8 Å². The van der Waals surface area contributed by atoms with Gasteiger partial charge in [0.15, 0.2) is 0 Å². The van der Waals surface area contributed by atoms with Crippen LogP contribution in [0.2, 0.25) is 0 Å². The Bertz CT molecular complexity index is 436. The molecule has 1 aromatic heterocycles. The molecule has 0 aromatic carbocycles. The average molecular weight is 268 g/mol. The highest BCUT2D eigenvalue weighted by molar-refractivity contribution is 7.11. The van der Waals surface area contributed by atoms with Gasteiger partial charge in [-0.1, -0.05) is 12.8 Å². The first-order chi connectivity index (χ1) is 8.48. The van der Waals surface area contributed by atoms with E-state index in [2.05, 4.69) is 10.3 Å². The van der Waals surface area contributed by atoms with Gasteiger partial charge in [-0.3, -0.25) is 4.79 Å². The number of hydrogen-bond acceptors (Lipinski definition) is 4. The summed E-state index contributed by atoms with van der Waals surface area (Å²) in [5, 5.41) is 14.0. The van der Waals surface area contributed by atoms with Crippen LogP contribution in [-0.4, -0.2) is 21.6 Å². The molecule has 0 radical (unpaired) electrons. The molecular weight excluding hydrogens is 248 g/mol. The molecule has 1 saturated carbocycles. The van der Waals surface area contributed by atoms with Crippen LogP contribution in [0.4, 0.5) is 0 Å². The first-order valence-corrected chi connectivity index (χ1v) is 7.22. The standard InChI is InChI=1S/C13H20N2O2S/c1-9-11(18-10(2)15-9)8-14-12(16)7-13(17)5-3-4-6-13/h17H,3-8H2,1-2H3,(H,14,16). The van der Waals surface area contributed by atoms with Crippen LogP contribution < -0.4 is 5.32 Å². The van der Waals surface area contributed by atoms with E-state index < -0.39 is 5.60 Å². The van der Waals surface area contributed by atoms with Gasteiger partial charge >= 0.3 is 0 Å². The van der Waals surface area contributed by atoms with Crippen molar-refractivity contribution in [1.82, 2.24) is 10.3 Å². The third-order valence-electron chi connectivity index (χ3n) is 3.47. The molecule has 0 spiro atoms. The summed E-state index contributed by atoms with van der Waals surface area (Å²) in [6.45, 7) is 4.44. The Morgan fingerprint density at radius 3 is 2.67 bits per heavy atom. The van der Waals surface area contributed by atoms with Crippen molar-refractivity contribution in [1.29, 1.82) is 0 Å². The highest BCUT2D eigenvalue weighted by Crippen LogP contribution is 2.32. The molecule has 0 atom stereocenters. The molecule has 1 aliphatic rings. The van der Waals surface area contributed by atoms with Gasteiger partial charge in [-0.25, -0.2) is 4.98 Å². The molecule has 2 N–H and O–H groups in total. The summed E-state index contributed by atoms with van der Waals surface area (Å²) >= 11 is 1.61. The number of carbonyl (C=O) groups is 1. The maximum Gasteiger partial charge on any atom is 0.223 e. The van der Waals surface area contributed by atoms with Gasteiger partial charge in [-0.05, 0) is 26.7 Å². The smallest absolute Gasteiger partial charge is 0.223 e. The minimum atomic E-state index is -0.761. The highest BCUT2D eigenvalue weighted by Gasteiger charge is 2.33. The van der Waals surface area contributed by atoms with Gasteiger partial charge in [-0.15, -0.1) is 11.3 Å². The van der Waals surface area contributed by atoms with Crippen molar-refractivity contribution in [3.05, 3.63) is 15.6 Å². The zero-order valence-electron chi connectivity index (χ0n) is 11.0. The minimum Gasteiger partial charge on any atom is -0.389 e. The van der Waals surface area contributed by atoms with Gasteiger partial charge in [0.1, 0.15) is 0 Å². The van der Waals surface area contributed by atoms with E-state index in [4.69, 9.17) is 0 Å². The summed E-state index contributed by atoms with van der Waals surface area (Å²) in [5.41, 5.74) is 0.223. The lowest BCUT2D eigenvalue weighted by molar-refractivity contribution is -0.126. The van der Waals surface area contributed by atoms with Gasteiger partial charge in [0.05, 0.1) is 29.3 Å². The van der Waals surface area contributed by atoms with Gasteiger partial charge in [-0.2, -0.15) is 0 Å². The summed E-state index contributed by atoms with van der Waals surface area (Å²) in [7, 11) is 0. The van der Waals surface area contributed by atoms with Crippen LogP contribution in [0.5, 0.6) is 0 Å². The number of rotatable bonds is 4. The second-order valence-corrected chi connectivity index (χ2v) is 6.41. The number of aliphatic hydroxyl groups is 1. The fourth-order valence-corrected chi connectivity index (χ4v) is 3.36.